The molecular weight excluding hydrogens is 417 g/mol. The number of aromatic nitrogens is 6. The zero-order valence-corrected chi connectivity index (χ0v) is 17.8. The van der Waals surface area contributed by atoms with E-state index >= 15 is 4.39 Å². The summed E-state index contributed by atoms with van der Waals surface area (Å²) in [5.41, 5.74) is 0.451. The number of fused-ring (bicyclic) bond motifs is 2. The average Bonchev–Trinajstić information content (AvgIpc) is 3.36. The Morgan fingerprint density at radius 1 is 1.31 bits per heavy atom. The molecule has 0 bridgehead atoms. The lowest BCUT2D eigenvalue weighted by Gasteiger charge is -2.16. The van der Waals surface area contributed by atoms with Gasteiger partial charge in [-0.25, -0.2) is 18.9 Å². The van der Waals surface area contributed by atoms with Gasteiger partial charge in [0.1, 0.15) is 11.2 Å². The lowest BCUT2D eigenvalue weighted by atomic mass is 9.96. The van der Waals surface area contributed by atoms with Gasteiger partial charge in [0, 0.05) is 31.5 Å². The fraction of sp³-hybridized carbons (Fsp3) is 0.300. The van der Waals surface area contributed by atoms with E-state index in [9.17, 15) is 10.1 Å². The maximum Gasteiger partial charge on any atom is 0.269 e. The van der Waals surface area contributed by atoms with E-state index in [-0.39, 0.29) is 41.1 Å². The molecule has 4 rings (SSSR count). The highest BCUT2D eigenvalue weighted by atomic mass is 19.1. The Labute approximate surface area is 181 Å². The first-order valence-corrected chi connectivity index (χ1v) is 9.61. The molecule has 32 heavy (non-hydrogen) atoms. The fourth-order valence-electron chi connectivity index (χ4n) is 3.15. The van der Waals surface area contributed by atoms with Gasteiger partial charge in [0.2, 0.25) is 17.6 Å². The second kappa shape index (κ2) is 7.77. The third-order valence-corrected chi connectivity index (χ3v) is 4.85. The number of rotatable bonds is 6. The highest BCUT2D eigenvalue weighted by Gasteiger charge is 2.23. The van der Waals surface area contributed by atoms with E-state index < -0.39 is 11.2 Å². The third-order valence-electron chi connectivity index (χ3n) is 4.85. The second-order valence-electron chi connectivity index (χ2n) is 7.67. The molecule has 0 aromatic carbocycles. The molecule has 164 valence electrons. The van der Waals surface area contributed by atoms with Crippen LogP contribution in [0.25, 0.3) is 22.4 Å². The number of methoxy groups -OCH3 is 1. The van der Waals surface area contributed by atoms with Gasteiger partial charge in [0.05, 0.1) is 36.6 Å². The number of nitriles is 1. The number of carbonyl (C=O) groups excluding carboxylic acids is 1. The van der Waals surface area contributed by atoms with Crippen LogP contribution in [0.5, 0.6) is 5.88 Å². The van der Waals surface area contributed by atoms with Gasteiger partial charge in [-0.2, -0.15) is 10.2 Å². The van der Waals surface area contributed by atoms with Crippen LogP contribution >= 0.6 is 0 Å². The molecule has 4 aromatic heterocycles. The monoisotopic (exact) mass is 437 g/mol. The topological polar surface area (TPSA) is 135 Å². The number of imidazole rings is 1. The van der Waals surface area contributed by atoms with Crippen molar-refractivity contribution in [2.45, 2.75) is 13.8 Å². The van der Waals surface area contributed by atoms with Crippen molar-refractivity contribution in [3.63, 3.8) is 0 Å². The van der Waals surface area contributed by atoms with Crippen molar-refractivity contribution in [3.8, 4) is 23.1 Å². The summed E-state index contributed by atoms with van der Waals surface area (Å²) in [6.45, 7) is 3.84. The van der Waals surface area contributed by atoms with Crippen LogP contribution in [0, 0.1) is 22.6 Å². The third kappa shape index (κ3) is 3.53. The molecule has 0 fully saturated rings. The Bertz CT molecular complexity index is 1380. The van der Waals surface area contributed by atoms with Crippen LogP contribution in [0.15, 0.2) is 24.8 Å². The second-order valence-corrected chi connectivity index (χ2v) is 7.67. The Kier molecular flexibility index (Phi) is 5.09. The van der Waals surface area contributed by atoms with E-state index in [1.54, 1.807) is 20.0 Å². The van der Waals surface area contributed by atoms with Gasteiger partial charge in [-0.05, 0) is 13.8 Å². The number of nitrogens with zero attached hydrogens (tertiary/aromatic N) is 7. The predicted molar refractivity (Wildman–Crippen MR) is 113 cm³/mol. The average molecular weight is 437 g/mol. The zero-order chi connectivity index (χ0) is 23.0. The molecule has 4 aromatic rings. The number of anilines is 1. The molecule has 2 N–H and O–H groups in total. The van der Waals surface area contributed by atoms with Crippen molar-refractivity contribution < 1.29 is 13.9 Å². The summed E-state index contributed by atoms with van der Waals surface area (Å²) in [6, 6.07) is 2.18. The van der Waals surface area contributed by atoms with Gasteiger partial charge in [0.25, 0.3) is 5.91 Å². The number of halogens is 1. The summed E-state index contributed by atoms with van der Waals surface area (Å²) < 4.78 is 23.3. The molecule has 0 spiro atoms. The van der Waals surface area contributed by atoms with Crippen molar-refractivity contribution in [1.82, 2.24) is 34.3 Å². The van der Waals surface area contributed by atoms with Crippen molar-refractivity contribution in [1.29, 1.82) is 5.26 Å². The summed E-state index contributed by atoms with van der Waals surface area (Å²) >= 11 is 0. The molecular formula is C20H20FN9O2. The molecule has 0 aliphatic rings. The number of ether oxygens (including phenoxy) is 1. The molecule has 0 radical (unpaired) electrons. The summed E-state index contributed by atoms with van der Waals surface area (Å²) in [6.07, 6.45) is 5.62. The minimum absolute atomic E-state index is 0.133. The van der Waals surface area contributed by atoms with Crippen molar-refractivity contribution in [2.75, 3.05) is 26.0 Å². The van der Waals surface area contributed by atoms with Crippen LogP contribution in [0.1, 0.15) is 24.3 Å². The van der Waals surface area contributed by atoms with Crippen LogP contribution in [0.2, 0.25) is 0 Å². The Morgan fingerprint density at radius 2 is 2.06 bits per heavy atom. The van der Waals surface area contributed by atoms with Gasteiger partial charge in [-0.15, -0.1) is 5.10 Å². The highest BCUT2D eigenvalue weighted by molar-refractivity contribution is 5.93. The van der Waals surface area contributed by atoms with E-state index in [1.807, 2.05) is 0 Å². The van der Waals surface area contributed by atoms with Gasteiger partial charge < -0.3 is 15.4 Å². The van der Waals surface area contributed by atoms with E-state index in [2.05, 4.69) is 36.8 Å². The number of amides is 1. The van der Waals surface area contributed by atoms with Gasteiger partial charge in [-0.3, -0.25) is 9.20 Å². The molecule has 0 unspecified atom stereocenters. The van der Waals surface area contributed by atoms with E-state index in [0.717, 1.165) is 0 Å². The molecule has 0 saturated carbocycles. The first-order valence-electron chi connectivity index (χ1n) is 9.61. The molecule has 0 atom stereocenters. The molecule has 0 aliphatic heterocycles. The lowest BCUT2D eigenvalue weighted by molar-refractivity contribution is 0.0957. The molecule has 4 heterocycles. The van der Waals surface area contributed by atoms with Gasteiger partial charge >= 0.3 is 0 Å². The van der Waals surface area contributed by atoms with Crippen molar-refractivity contribution in [3.05, 3.63) is 36.3 Å². The van der Waals surface area contributed by atoms with Crippen molar-refractivity contribution >= 4 is 23.1 Å². The Balaban J connectivity index is 1.84. The summed E-state index contributed by atoms with van der Waals surface area (Å²) in [4.78, 5) is 24.8. The van der Waals surface area contributed by atoms with Gasteiger partial charge in [-0.1, -0.05) is 0 Å². The maximum absolute atomic E-state index is 15.1. The normalized spacial score (nSPS) is 11.5. The van der Waals surface area contributed by atoms with Crippen LogP contribution < -0.4 is 15.4 Å². The maximum atomic E-state index is 15.1. The summed E-state index contributed by atoms with van der Waals surface area (Å²) in [5, 5.41) is 19.0. The van der Waals surface area contributed by atoms with Crippen LogP contribution in [-0.2, 0) is 0 Å². The first kappa shape index (κ1) is 21.0. The zero-order valence-electron chi connectivity index (χ0n) is 17.8. The Hall–Kier alpha value is -4.27. The SMILES string of the molecule is CNC(=O)c1cnc2ncc(-c3c(F)cn4nc(NCC(C)(C)C#N)nc(OC)c34)cn12. The quantitative estimate of drug-likeness (QED) is 0.467. The van der Waals surface area contributed by atoms with Crippen LogP contribution in [0.3, 0.4) is 0 Å². The number of hydrogen-bond donors (Lipinski definition) is 2. The van der Waals surface area contributed by atoms with E-state index in [0.29, 0.717) is 11.3 Å². The molecule has 1 amide bonds. The van der Waals surface area contributed by atoms with Crippen LogP contribution in [-0.4, -0.2) is 55.6 Å². The molecule has 12 heteroatoms. The highest BCUT2D eigenvalue weighted by Crippen LogP contribution is 2.34. The summed E-state index contributed by atoms with van der Waals surface area (Å²) in [5.74, 6) is -0.311. The molecule has 11 nitrogen and oxygen atoms in total. The van der Waals surface area contributed by atoms with Gasteiger partial charge in [0.15, 0.2) is 5.82 Å². The van der Waals surface area contributed by atoms with E-state index in [1.165, 1.54) is 41.7 Å². The molecule has 0 saturated heterocycles. The first-order chi connectivity index (χ1) is 15.3. The molecule has 0 aliphatic carbocycles. The largest absolute Gasteiger partial charge is 0.479 e. The lowest BCUT2D eigenvalue weighted by Crippen LogP contribution is -2.22. The minimum atomic E-state index is -0.646. The number of carbonyl (C=O) groups is 1. The van der Waals surface area contributed by atoms with E-state index in [4.69, 9.17) is 4.74 Å². The standard InChI is InChI=1S/C20H20FN9O2/c1-20(2,9-22)10-26-18-27-17(32-4)15-14(12(21)8-30(15)28-18)11-5-24-19-25-6-13(16(31)23-3)29(19)7-11/h5-8H,10H2,1-4H3,(H,23,31)(H,26,28). The van der Waals surface area contributed by atoms with Crippen molar-refractivity contribution in [2.24, 2.45) is 5.41 Å². The predicted octanol–water partition coefficient (Wildman–Crippen LogP) is 1.91. The minimum Gasteiger partial charge on any atom is -0.479 e. The smallest absolute Gasteiger partial charge is 0.269 e. The number of nitrogens with one attached hydrogen (secondary N) is 2. The Morgan fingerprint density at radius 3 is 2.75 bits per heavy atom. The van der Waals surface area contributed by atoms with Crippen LogP contribution in [0.4, 0.5) is 10.3 Å². The fourth-order valence-corrected chi connectivity index (χ4v) is 3.15. The number of hydrogen-bond acceptors (Lipinski definition) is 8. The summed E-state index contributed by atoms with van der Waals surface area (Å²) in [7, 11) is 2.92.